The maximum atomic E-state index is 12.8. The van der Waals surface area contributed by atoms with E-state index in [2.05, 4.69) is 14.2 Å². The van der Waals surface area contributed by atoms with Gasteiger partial charge in [0.1, 0.15) is 5.84 Å². The van der Waals surface area contributed by atoms with Gasteiger partial charge < -0.3 is 4.90 Å². The molecule has 3 rings (SSSR count). The smallest absolute Gasteiger partial charge is 0.283 e. The van der Waals surface area contributed by atoms with E-state index in [4.69, 9.17) is 0 Å². The second-order valence-electron chi connectivity index (χ2n) is 7.18. The molecule has 1 aromatic rings. The maximum Gasteiger partial charge on any atom is 0.283 e. The lowest BCUT2D eigenvalue weighted by Crippen LogP contribution is -2.44. The number of benzene rings is 1. The second kappa shape index (κ2) is 8.32. The Morgan fingerprint density at radius 2 is 1.48 bits per heavy atom. The standard InChI is InChI=1S/C19H29N3O2S/c1-17-8-10-18(11-9-17)25(23,24)20-19(22-14-6-3-7-15-22)16-21-12-4-2-5-13-21/h8-11H,2-7,12-16H2,1H3/b20-19-. The minimum atomic E-state index is -3.66. The molecule has 0 spiro atoms. The number of sulfonamides is 1. The maximum absolute atomic E-state index is 12.8. The van der Waals surface area contributed by atoms with Crippen molar-refractivity contribution in [2.75, 3.05) is 32.7 Å². The van der Waals surface area contributed by atoms with Gasteiger partial charge in [-0.05, 0) is 64.3 Å². The van der Waals surface area contributed by atoms with Crippen molar-refractivity contribution in [3.63, 3.8) is 0 Å². The molecule has 0 atom stereocenters. The summed E-state index contributed by atoms with van der Waals surface area (Å²) in [7, 11) is -3.66. The van der Waals surface area contributed by atoms with Crippen LogP contribution >= 0.6 is 0 Å². The van der Waals surface area contributed by atoms with E-state index >= 15 is 0 Å². The third kappa shape index (κ3) is 5.05. The molecule has 0 saturated carbocycles. The summed E-state index contributed by atoms with van der Waals surface area (Å²) in [6.45, 7) is 6.50. The Morgan fingerprint density at radius 1 is 0.920 bits per heavy atom. The summed E-state index contributed by atoms with van der Waals surface area (Å²) in [6, 6.07) is 6.97. The molecule has 2 fully saturated rings. The number of amidine groups is 1. The highest BCUT2D eigenvalue weighted by molar-refractivity contribution is 7.90. The molecule has 6 heteroatoms. The first-order chi connectivity index (χ1) is 12.0. The van der Waals surface area contributed by atoms with Gasteiger partial charge in [0.15, 0.2) is 0 Å². The van der Waals surface area contributed by atoms with Crippen LogP contribution in [-0.4, -0.2) is 56.8 Å². The predicted octanol–water partition coefficient (Wildman–Crippen LogP) is 3.05. The molecule has 2 aliphatic rings. The van der Waals surface area contributed by atoms with E-state index in [1.54, 1.807) is 12.1 Å². The zero-order valence-electron chi connectivity index (χ0n) is 15.2. The molecule has 0 N–H and O–H groups in total. The number of hydrogen-bond donors (Lipinski definition) is 0. The molecule has 2 heterocycles. The van der Waals surface area contributed by atoms with Gasteiger partial charge >= 0.3 is 0 Å². The largest absolute Gasteiger partial charge is 0.358 e. The SMILES string of the molecule is Cc1ccc(S(=O)(=O)/N=C(/CN2CCCCC2)N2CCCCC2)cc1. The van der Waals surface area contributed by atoms with Gasteiger partial charge in [-0.2, -0.15) is 8.42 Å². The van der Waals surface area contributed by atoms with E-state index in [-0.39, 0.29) is 4.90 Å². The van der Waals surface area contributed by atoms with Crippen molar-refractivity contribution < 1.29 is 8.42 Å². The highest BCUT2D eigenvalue weighted by Gasteiger charge is 2.23. The van der Waals surface area contributed by atoms with Crippen molar-refractivity contribution in [2.45, 2.75) is 50.3 Å². The molecule has 0 amide bonds. The van der Waals surface area contributed by atoms with Crippen molar-refractivity contribution in [1.29, 1.82) is 0 Å². The molecule has 2 aliphatic heterocycles. The fourth-order valence-corrected chi connectivity index (χ4v) is 4.59. The molecule has 25 heavy (non-hydrogen) atoms. The van der Waals surface area contributed by atoms with Gasteiger partial charge in [-0.15, -0.1) is 4.40 Å². The lowest BCUT2D eigenvalue weighted by Gasteiger charge is -2.34. The van der Waals surface area contributed by atoms with Crippen molar-refractivity contribution in [2.24, 2.45) is 4.40 Å². The van der Waals surface area contributed by atoms with Crippen LogP contribution < -0.4 is 0 Å². The first-order valence-electron chi connectivity index (χ1n) is 9.42. The van der Waals surface area contributed by atoms with Crippen molar-refractivity contribution in [3.05, 3.63) is 29.8 Å². The molecule has 5 nitrogen and oxygen atoms in total. The summed E-state index contributed by atoms with van der Waals surface area (Å²) in [5, 5.41) is 0. The van der Waals surface area contributed by atoms with Crippen molar-refractivity contribution in [1.82, 2.24) is 9.80 Å². The molecule has 0 radical (unpaired) electrons. The van der Waals surface area contributed by atoms with Crippen molar-refractivity contribution in [3.8, 4) is 0 Å². The van der Waals surface area contributed by atoms with E-state index in [0.29, 0.717) is 6.54 Å². The van der Waals surface area contributed by atoms with Crippen LogP contribution in [0.1, 0.15) is 44.1 Å². The summed E-state index contributed by atoms with van der Waals surface area (Å²) in [4.78, 5) is 4.82. The molecule has 1 aromatic carbocycles. The van der Waals surface area contributed by atoms with Crippen LogP contribution in [0.3, 0.4) is 0 Å². The third-order valence-corrected chi connectivity index (χ3v) is 6.40. The summed E-state index contributed by atoms with van der Waals surface area (Å²) in [6.07, 6.45) is 7.11. The van der Waals surface area contributed by atoms with E-state index in [1.165, 1.54) is 25.7 Å². The Morgan fingerprint density at radius 3 is 2.08 bits per heavy atom. The van der Waals surface area contributed by atoms with E-state index in [0.717, 1.165) is 50.4 Å². The van der Waals surface area contributed by atoms with Gasteiger partial charge in [-0.1, -0.05) is 24.1 Å². The lowest BCUT2D eigenvalue weighted by atomic mass is 10.1. The van der Waals surface area contributed by atoms with Crippen LogP contribution in [0.5, 0.6) is 0 Å². The van der Waals surface area contributed by atoms with Crippen LogP contribution in [0.4, 0.5) is 0 Å². The third-order valence-electron chi connectivity index (χ3n) is 5.08. The van der Waals surface area contributed by atoms with Gasteiger partial charge in [0.25, 0.3) is 10.0 Å². The Bertz CT molecular complexity index is 686. The monoisotopic (exact) mass is 363 g/mol. The molecule has 0 unspecified atom stereocenters. The average molecular weight is 364 g/mol. The van der Waals surface area contributed by atoms with Crippen LogP contribution in [0, 0.1) is 6.92 Å². The average Bonchev–Trinajstić information content (AvgIpc) is 2.63. The number of rotatable bonds is 4. The zero-order valence-corrected chi connectivity index (χ0v) is 16.0. The molecule has 0 aromatic heterocycles. The Hall–Kier alpha value is -1.40. The fraction of sp³-hybridized carbons (Fsp3) is 0.632. The van der Waals surface area contributed by atoms with Gasteiger partial charge in [-0.3, -0.25) is 4.90 Å². The molecular formula is C19H29N3O2S. The van der Waals surface area contributed by atoms with E-state index in [9.17, 15) is 8.42 Å². The van der Waals surface area contributed by atoms with E-state index < -0.39 is 10.0 Å². The Labute approximate surface area is 151 Å². The molecule has 2 saturated heterocycles. The number of aryl methyl sites for hydroxylation is 1. The number of nitrogens with zero attached hydrogens (tertiary/aromatic N) is 3. The van der Waals surface area contributed by atoms with Gasteiger partial charge in [0, 0.05) is 13.1 Å². The molecule has 0 aliphatic carbocycles. The number of hydrogen-bond acceptors (Lipinski definition) is 3. The Kier molecular flexibility index (Phi) is 6.12. The summed E-state index contributed by atoms with van der Waals surface area (Å²) < 4.78 is 29.9. The summed E-state index contributed by atoms with van der Waals surface area (Å²) in [5.41, 5.74) is 1.05. The summed E-state index contributed by atoms with van der Waals surface area (Å²) in [5.74, 6) is 0.724. The predicted molar refractivity (Wildman–Crippen MR) is 102 cm³/mol. The first kappa shape index (κ1) is 18.4. The van der Waals surface area contributed by atoms with Crippen LogP contribution in [0.2, 0.25) is 0 Å². The minimum Gasteiger partial charge on any atom is -0.358 e. The normalized spacial score (nSPS) is 20.7. The summed E-state index contributed by atoms with van der Waals surface area (Å²) >= 11 is 0. The second-order valence-corrected chi connectivity index (χ2v) is 8.78. The number of likely N-dealkylation sites (tertiary alicyclic amines) is 2. The first-order valence-corrected chi connectivity index (χ1v) is 10.9. The lowest BCUT2D eigenvalue weighted by molar-refractivity contribution is 0.243. The van der Waals surface area contributed by atoms with Crippen LogP contribution in [0.15, 0.2) is 33.6 Å². The minimum absolute atomic E-state index is 0.284. The van der Waals surface area contributed by atoms with Crippen molar-refractivity contribution >= 4 is 15.9 Å². The van der Waals surface area contributed by atoms with E-state index in [1.807, 2.05) is 19.1 Å². The van der Waals surface area contributed by atoms with Gasteiger partial charge in [0.05, 0.1) is 11.4 Å². The fourth-order valence-electron chi connectivity index (χ4n) is 3.56. The van der Waals surface area contributed by atoms with Gasteiger partial charge in [-0.25, -0.2) is 0 Å². The highest BCUT2D eigenvalue weighted by atomic mass is 32.2. The Balaban J connectivity index is 1.85. The molecule has 0 bridgehead atoms. The van der Waals surface area contributed by atoms with Crippen LogP contribution in [0.25, 0.3) is 0 Å². The number of piperidine rings is 2. The quantitative estimate of drug-likeness (QED) is 0.609. The zero-order chi connectivity index (χ0) is 17.7. The van der Waals surface area contributed by atoms with Crippen LogP contribution in [-0.2, 0) is 10.0 Å². The molecule has 138 valence electrons. The topological polar surface area (TPSA) is 53.0 Å². The molecular weight excluding hydrogens is 334 g/mol. The highest BCUT2D eigenvalue weighted by Crippen LogP contribution is 2.17. The van der Waals surface area contributed by atoms with Gasteiger partial charge in [0.2, 0.25) is 0 Å².